The molecule has 0 spiro atoms. The van der Waals surface area contributed by atoms with Crippen LogP contribution in [0.15, 0.2) is 218 Å². The summed E-state index contributed by atoms with van der Waals surface area (Å²) in [5, 5.41) is 10.6. The van der Waals surface area contributed by atoms with E-state index in [-0.39, 0.29) is 0 Å². The zero-order chi connectivity index (χ0) is 38.2. The van der Waals surface area contributed by atoms with E-state index in [1.807, 2.05) is 0 Å². The number of fused-ring (bicyclic) bond motifs is 10. The Kier molecular flexibility index (Phi) is 7.35. The van der Waals surface area contributed by atoms with E-state index in [2.05, 4.69) is 228 Å². The first-order valence-corrected chi connectivity index (χ1v) is 22.2. The van der Waals surface area contributed by atoms with Gasteiger partial charge < -0.3 is 9.13 Å². The molecule has 0 bridgehead atoms. The van der Waals surface area contributed by atoms with Gasteiger partial charge in [0.05, 0.1) is 22.1 Å². The van der Waals surface area contributed by atoms with Crippen molar-refractivity contribution in [2.24, 2.45) is 0 Å². The lowest BCUT2D eigenvalue weighted by Gasteiger charge is -2.35. The average Bonchev–Trinajstić information content (AvgIpc) is 3.96. The minimum Gasteiger partial charge on any atom is -0.309 e. The Balaban J connectivity index is 1.22. The van der Waals surface area contributed by atoms with Crippen molar-refractivity contribution in [2.45, 2.75) is 6.42 Å². The lowest BCUT2D eigenvalue weighted by atomic mass is 10.0. The van der Waals surface area contributed by atoms with E-state index in [1.54, 1.807) is 0 Å². The molecule has 0 saturated carbocycles. The maximum absolute atomic E-state index is 3.08. The standard InChI is InChI=1S/C55H38N2Si/c1-4-19-39(20-5-1)56-51-31-14-12-28-46(51)48-30-17-33-53(55(48)56)58(41-22-6-2-7-23-41,42-24-8-3-9-25-42)43-26-16-21-40(37-43)57-52-32-15-13-29-47(52)49-35-34-45-44-27-11-10-18-38(44)36-50(45)54(49)57/h1-35,37H,36H2. The molecule has 58 heavy (non-hydrogen) atoms. The van der Waals surface area contributed by atoms with Crippen LogP contribution in [0.2, 0.25) is 0 Å². The number of hydrogen-bond acceptors (Lipinski definition) is 0. The molecule has 1 aliphatic carbocycles. The first-order chi connectivity index (χ1) is 28.8. The maximum atomic E-state index is 2.57. The molecule has 0 aliphatic heterocycles. The molecule has 0 radical (unpaired) electrons. The van der Waals surface area contributed by atoms with Gasteiger partial charge in [0.1, 0.15) is 0 Å². The Morgan fingerprint density at radius 3 is 1.57 bits per heavy atom. The molecule has 0 amide bonds. The molecule has 0 N–H and O–H groups in total. The van der Waals surface area contributed by atoms with E-state index >= 15 is 0 Å². The summed E-state index contributed by atoms with van der Waals surface area (Å²) in [5.74, 6) is 0. The molecule has 2 aromatic heterocycles. The molecule has 0 unspecified atom stereocenters. The van der Waals surface area contributed by atoms with Crippen molar-refractivity contribution in [2.75, 3.05) is 0 Å². The molecule has 11 aromatic rings. The summed E-state index contributed by atoms with van der Waals surface area (Å²) in [6.45, 7) is 0. The van der Waals surface area contributed by atoms with Crippen LogP contribution in [0.5, 0.6) is 0 Å². The predicted molar refractivity (Wildman–Crippen MR) is 247 cm³/mol. The van der Waals surface area contributed by atoms with Crippen LogP contribution in [0.4, 0.5) is 0 Å². The number of benzene rings is 9. The van der Waals surface area contributed by atoms with E-state index < -0.39 is 8.07 Å². The van der Waals surface area contributed by atoms with Crippen molar-refractivity contribution >= 4 is 72.4 Å². The highest BCUT2D eigenvalue weighted by Gasteiger charge is 2.44. The molecule has 0 fully saturated rings. The Morgan fingerprint density at radius 2 is 0.862 bits per heavy atom. The van der Waals surface area contributed by atoms with Gasteiger partial charge in [-0.15, -0.1) is 0 Å². The number of nitrogens with zero attached hydrogens (tertiary/aromatic N) is 2. The maximum Gasteiger partial charge on any atom is 0.181 e. The Hall–Kier alpha value is -7.20. The van der Waals surface area contributed by atoms with Gasteiger partial charge in [-0.3, -0.25) is 0 Å². The first-order valence-electron chi connectivity index (χ1n) is 20.2. The lowest BCUT2D eigenvalue weighted by molar-refractivity contribution is 1.15. The Bertz CT molecular complexity index is 3320. The molecule has 12 rings (SSSR count). The highest BCUT2D eigenvalue weighted by molar-refractivity contribution is 7.20. The van der Waals surface area contributed by atoms with Crippen molar-refractivity contribution in [1.29, 1.82) is 0 Å². The molecular formula is C55H38N2Si. The van der Waals surface area contributed by atoms with Gasteiger partial charge in [0, 0.05) is 39.3 Å². The molecule has 0 atom stereocenters. The molecule has 1 aliphatic rings. The summed E-state index contributed by atoms with van der Waals surface area (Å²) in [6, 6.07) is 81.8. The molecular weight excluding hydrogens is 717 g/mol. The van der Waals surface area contributed by atoms with Crippen LogP contribution < -0.4 is 20.7 Å². The molecule has 2 nitrogen and oxygen atoms in total. The number of hydrogen-bond donors (Lipinski definition) is 0. The van der Waals surface area contributed by atoms with Gasteiger partial charge in [-0.05, 0) is 79.4 Å². The predicted octanol–water partition coefficient (Wildman–Crippen LogP) is 10.8. The van der Waals surface area contributed by atoms with E-state index in [4.69, 9.17) is 0 Å². The minimum atomic E-state index is -3.08. The van der Waals surface area contributed by atoms with E-state index in [0.29, 0.717) is 0 Å². The van der Waals surface area contributed by atoms with Gasteiger partial charge in [0.15, 0.2) is 8.07 Å². The van der Waals surface area contributed by atoms with E-state index in [9.17, 15) is 0 Å². The van der Waals surface area contributed by atoms with Crippen LogP contribution in [-0.4, -0.2) is 17.2 Å². The molecule has 272 valence electrons. The SMILES string of the molecule is c1ccc(-n2c3ccccc3c3cccc([Si](c4ccccc4)(c4ccccc4)c4cccc(-n5c6ccccc6c6ccc7c(c65)Cc5ccccc5-7)c4)c32)cc1. The minimum absolute atomic E-state index is 0.928. The second-order valence-corrected chi connectivity index (χ2v) is 19.4. The third-order valence-electron chi connectivity index (χ3n) is 12.7. The van der Waals surface area contributed by atoms with Gasteiger partial charge in [0.2, 0.25) is 0 Å². The van der Waals surface area contributed by atoms with Gasteiger partial charge in [-0.25, -0.2) is 0 Å². The highest BCUT2D eigenvalue weighted by Crippen LogP contribution is 2.44. The Labute approximate surface area is 338 Å². The van der Waals surface area contributed by atoms with E-state index in [0.717, 1.165) is 6.42 Å². The summed E-state index contributed by atoms with van der Waals surface area (Å²) < 4.78 is 5.08. The summed E-state index contributed by atoms with van der Waals surface area (Å²) >= 11 is 0. The largest absolute Gasteiger partial charge is 0.309 e. The number of para-hydroxylation sites is 4. The van der Waals surface area contributed by atoms with Crippen molar-refractivity contribution in [3.05, 3.63) is 230 Å². The number of rotatable bonds is 6. The van der Waals surface area contributed by atoms with Gasteiger partial charge >= 0.3 is 0 Å². The van der Waals surface area contributed by atoms with Gasteiger partial charge in [0.25, 0.3) is 0 Å². The zero-order valence-electron chi connectivity index (χ0n) is 31.9. The van der Waals surface area contributed by atoms with Gasteiger partial charge in [-0.1, -0.05) is 182 Å². The van der Waals surface area contributed by atoms with Crippen LogP contribution >= 0.6 is 0 Å². The first kappa shape index (κ1) is 33.0. The van der Waals surface area contributed by atoms with E-state index in [1.165, 1.54) is 98.0 Å². The third-order valence-corrected chi connectivity index (χ3v) is 17.5. The fourth-order valence-corrected chi connectivity index (χ4v) is 15.3. The molecule has 9 aromatic carbocycles. The molecule has 2 heterocycles. The van der Waals surface area contributed by atoms with Crippen molar-refractivity contribution in [3.8, 4) is 22.5 Å². The van der Waals surface area contributed by atoms with Crippen LogP contribution in [-0.2, 0) is 6.42 Å². The quantitative estimate of drug-likeness (QED) is 0.118. The van der Waals surface area contributed by atoms with Crippen molar-refractivity contribution < 1.29 is 0 Å². The van der Waals surface area contributed by atoms with Crippen LogP contribution in [0.3, 0.4) is 0 Å². The van der Waals surface area contributed by atoms with Crippen molar-refractivity contribution in [1.82, 2.24) is 9.13 Å². The summed E-state index contributed by atoms with van der Waals surface area (Å²) in [5.41, 5.74) is 12.9. The fraction of sp³-hybridized carbons (Fsp3) is 0.0182. The third kappa shape index (κ3) is 4.65. The zero-order valence-corrected chi connectivity index (χ0v) is 32.9. The molecule has 0 saturated heterocycles. The summed E-state index contributed by atoms with van der Waals surface area (Å²) in [4.78, 5) is 0. The summed E-state index contributed by atoms with van der Waals surface area (Å²) in [6.07, 6.45) is 0.928. The fourth-order valence-electron chi connectivity index (χ4n) is 10.3. The second-order valence-electron chi connectivity index (χ2n) is 15.6. The topological polar surface area (TPSA) is 9.86 Å². The smallest absolute Gasteiger partial charge is 0.181 e. The second kappa shape index (κ2) is 12.9. The Morgan fingerprint density at radius 1 is 0.345 bits per heavy atom. The average molecular weight is 755 g/mol. The lowest BCUT2D eigenvalue weighted by Crippen LogP contribution is -2.75. The normalized spacial score (nSPS) is 12.4. The van der Waals surface area contributed by atoms with Crippen molar-refractivity contribution in [3.63, 3.8) is 0 Å². The highest BCUT2D eigenvalue weighted by atomic mass is 28.3. The monoisotopic (exact) mass is 754 g/mol. The van der Waals surface area contributed by atoms with Crippen LogP contribution in [0, 0.1) is 0 Å². The summed E-state index contributed by atoms with van der Waals surface area (Å²) in [7, 11) is -3.08. The van der Waals surface area contributed by atoms with Gasteiger partial charge in [-0.2, -0.15) is 0 Å². The van der Waals surface area contributed by atoms with Crippen LogP contribution in [0.25, 0.3) is 66.1 Å². The molecule has 3 heteroatoms. The number of aromatic nitrogens is 2. The van der Waals surface area contributed by atoms with Crippen LogP contribution in [0.1, 0.15) is 11.1 Å².